The third-order valence-electron chi connectivity index (χ3n) is 6.31. The van der Waals surface area contributed by atoms with Crippen LogP contribution in [0.4, 0.5) is 0 Å². The number of rotatable bonds is 4. The van der Waals surface area contributed by atoms with Gasteiger partial charge in [-0.25, -0.2) is 0 Å². The number of likely N-dealkylation sites (tertiary alicyclic amines) is 1. The molecule has 6 heteroatoms. The second-order valence-corrected chi connectivity index (χ2v) is 8.07. The molecule has 2 aromatic carbocycles. The molecule has 0 unspecified atom stereocenters. The van der Waals surface area contributed by atoms with E-state index in [9.17, 15) is 9.59 Å². The summed E-state index contributed by atoms with van der Waals surface area (Å²) in [5.41, 5.74) is 1.35. The number of carbonyl (C=O) groups excluding carboxylic acids is 2. The molecule has 2 aromatic rings. The van der Waals surface area contributed by atoms with E-state index >= 15 is 0 Å². The van der Waals surface area contributed by atoms with E-state index in [-0.39, 0.29) is 17.7 Å². The topological polar surface area (TPSA) is 59.1 Å². The summed E-state index contributed by atoms with van der Waals surface area (Å²) in [6.07, 6.45) is 0. The van der Waals surface area contributed by atoms with Crippen molar-refractivity contribution in [1.29, 1.82) is 0 Å². The Morgan fingerprint density at radius 3 is 2.48 bits per heavy atom. The fourth-order valence-electron chi connectivity index (χ4n) is 4.73. The van der Waals surface area contributed by atoms with Crippen molar-refractivity contribution in [1.82, 2.24) is 9.80 Å². The number of methoxy groups -OCH3 is 2. The summed E-state index contributed by atoms with van der Waals surface area (Å²) in [6.45, 7) is 3.79. The Morgan fingerprint density at radius 1 is 1.07 bits per heavy atom. The molecule has 0 spiro atoms. The van der Waals surface area contributed by atoms with E-state index in [1.54, 1.807) is 38.3 Å². The Hall–Kier alpha value is -2.86. The third-order valence-corrected chi connectivity index (χ3v) is 6.31. The van der Waals surface area contributed by atoms with Crippen molar-refractivity contribution in [2.24, 2.45) is 5.41 Å². The number of hydrogen-bond donors (Lipinski definition) is 0. The molecule has 4 rings (SSSR count). The highest BCUT2D eigenvalue weighted by Crippen LogP contribution is 2.41. The van der Waals surface area contributed by atoms with E-state index in [0.29, 0.717) is 30.8 Å². The number of carbonyl (C=O) groups is 2. The maximum Gasteiger partial charge on any atom is 0.254 e. The Kier molecular flexibility index (Phi) is 4.82. The number of amides is 1. The van der Waals surface area contributed by atoms with Crippen molar-refractivity contribution in [3.05, 3.63) is 59.2 Å². The number of nitrogens with zero attached hydrogens (tertiary/aromatic N) is 2. The van der Waals surface area contributed by atoms with Crippen molar-refractivity contribution >= 4 is 11.7 Å². The Bertz CT molecular complexity index is 973. The lowest BCUT2D eigenvalue weighted by molar-refractivity contribution is 0.0606. The van der Waals surface area contributed by atoms with Crippen LogP contribution in [0.2, 0.25) is 0 Å². The van der Waals surface area contributed by atoms with Gasteiger partial charge in [-0.15, -0.1) is 0 Å². The monoisotopic (exact) mass is 394 g/mol. The zero-order chi connectivity index (χ0) is 20.8. The van der Waals surface area contributed by atoms with E-state index < -0.39 is 5.41 Å². The molecule has 0 bridgehead atoms. The Labute approximate surface area is 171 Å². The molecule has 2 aliphatic heterocycles. The van der Waals surface area contributed by atoms with Crippen LogP contribution >= 0.6 is 0 Å². The quantitative estimate of drug-likeness (QED) is 0.798. The number of Topliss-reactive ketones (excluding diaryl/α,β-unsaturated/α-hetero) is 1. The van der Waals surface area contributed by atoms with Gasteiger partial charge in [-0.1, -0.05) is 18.2 Å². The second kappa shape index (κ2) is 7.19. The minimum absolute atomic E-state index is 0.0379. The molecule has 0 aliphatic carbocycles. The van der Waals surface area contributed by atoms with Crippen molar-refractivity contribution < 1.29 is 19.1 Å². The van der Waals surface area contributed by atoms with Crippen LogP contribution in [-0.4, -0.2) is 61.9 Å². The SMILES string of the molecule is COc1ccc(OC)c(CN2C[C@H]3N(C)C(=O)c4ccccc4C(=O)[C@@]3(C)C2)c1. The number of ether oxygens (including phenoxy) is 2. The molecule has 152 valence electrons. The summed E-state index contributed by atoms with van der Waals surface area (Å²) < 4.78 is 10.9. The van der Waals surface area contributed by atoms with Gasteiger partial charge in [0.05, 0.1) is 31.2 Å². The first kappa shape index (κ1) is 19.5. The van der Waals surface area contributed by atoms with Gasteiger partial charge in [-0.3, -0.25) is 14.5 Å². The minimum Gasteiger partial charge on any atom is -0.497 e. The van der Waals surface area contributed by atoms with E-state index in [2.05, 4.69) is 4.90 Å². The highest BCUT2D eigenvalue weighted by atomic mass is 16.5. The van der Waals surface area contributed by atoms with Crippen molar-refractivity contribution in [3.8, 4) is 11.5 Å². The standard InChI is InChI=1S/C23H26N2O4/c1-23-14-25(12-15-11-16(28-3)9-10-19(15)29-4)13-20(23)24(2)22(27)18-8-6-5-7-17(18)21(23)26/h5-11,20H,12-14H2,1-4H3/t20-,23+/m1/s1. The lowest BCUT2D eigenvalue weighted by Gasteiger charge is -2.32. The summed E-state index contributed by atoms with van der Waals surface area (Å²) >= 11 is 0. The average molecular weight is 394 g/mol. The smallest absolute Gasteiger partial charge is 0.254 e. The molecule has 0 saturated carbocycles. The van der Waals surface area contributed by atoms with Gasteiger partial charge in [0, 0.05) is 37.8 Å². The van der Waals surface area contributed by atoms with Crippen LogP contribution in [0.1, 0.15) is 33.2 Å². The first-order valence-corrected chi connectivity index (χ1v) is 9.73. The summed E-state index contributed by atoms with van der Waals surface area (Å²) in [5.74, 6) is 1.49. The number of fused-ring (bicyclic) bond motifs is 2. The molecular formula is C23H26N2O4. The van der Waals surface area contributed by atoms with Gasteiger partial charge in [-0.05, 0) is 31.2 Å². The van der Waals surface area contributed by atoms with Crippen LogP contribution in [0.25, 0.3) is 0 Å². The molecule has 1 saturated heterocycles. The van der Waals surface area contributed by atoms with E-state index in [1.165, 1.54) is 0 Å². The van der Waals surface area contributed by atoms with Crippen LogP contribution in [0, 0.1) is 5.41 Å². The van der Waals surface area contributed by atoms with Gasteiger partial charge in [0.1, 0.15) is 11.5 Å². The van der Waals surface area contributed by atoms with Crippen molar-refractivity contribution in [3.63, 3.8) is 0 Å². The van der Waals surface area contributed by atoms with Gasteiger partial charge >= 0.3 is 0 Å². The maximum absolute atomic E-state index is 13.5. The van der Waals surface area contributed by atoms with Crippen LogP contribution < -0.4 is 9.47 Å². The fourth-order valence-corrected chi connectivity index (χ4v) is 4.73. The van der Waals surface area contributed by atoms with Gasteiger partial charge < -0.3 is 14.4 Å². The van der Waals surface area contributed by atoms with Crippen LogP contribution in [0.15, 0.2) is 42.5 Å². The van der Waals surface area contributed by atoms with Crippen molar-refractivity contribution in [2.75, 3.05) is 34.4 Å². The van der Waals surface area contributed by atoms with Gasteiger partial charge in [0.15, 0.2) is 5.78 Å². The van der Waals surface area contributed by atoms with Crippen LogP contribution in [0.3, 0.4) is 0 Å². The predicted molar refractivity (Wildman–Crippen MR) is 110 cm³/mol. The highest BCUT2D eigenvalue weighted by molar-refractivity contribution is 6.12. The number of likely N-dealkylation sites (N-methyl/N-ethyl adjacent to an activating group) is 1. The summed E-state index contributed by atoms with van der Waals surface area (Å²) in [4.78, 5) is 30.5. The zero-order valence-corrected chi connectivity index (χ0v) is 17.3. The summed E-state index contributed by atoms with van der Waals surface area (Å²) in [5, 5.41) is 0. The molecule has 0 radical (unpaired) electrons. The largest absolute Gasteiger partial charge is 0.497 e. The predicted octanol–water partition coefficient (Wildman–Crippen LogP) is 2.86. The minimum atomic E-state index is -0.664. The van der Waals surface area contributed by atoms with Crippen LogP contribution in [-0.2, 0) is 6.54 Å². The second-order valence-electron chi connectivity index (χ2n) is 8.07. The number of benzene rings is 2. The molecule has 1 fully saturated rings. The van der Waals surface area contributed by atoms with Crippen molar-refractivity contribution in [2.45, 2.75) is 19.5 Å². The lowest BCUT2D eigenvalue weighted by atomic mass is 9.78. The maximum atomic E-state index is 13.5. The first-order chi connectivity index (χ1) is 13.9. The van der Waals surface area contributed by atoms with E-state index in [4.69, 9.17) is 9.47 Å². The first-order valence-electron chi connectivity index (χ1n) is 9.73. The third kappa shape index (κ3) is 3.08. The molecule has 2 atom stereocenters. The van der Waals surface area contributed by atoms with Crippen LogP contribution in [0.5, 0.6) is 11.5 Å². The molecule has 0 N–H and O–H groups in total. The van der Waals surface area contributed by atoms with E-state index in [0.717, 1.165) is 17.1 Å². The molecule has 2 heterocycles. The molecule has 1 amide bonds. The Morgan fingerprint density at radius 2 is 1.79 bits per heavy atom. The average Bonchev–Trinajstić information content (AvgIpc) is 3.06. The highest BCUT2D eigenvalue weighted by Gasteiger charge is 2.53. The summed E-state index contributed by atoms with van der Waals surface area (Å²) in [6, 6.07) is 12.7. The zero-order valence-electron chi connectivity index (χ0n) is 17.3. The fraction of sp³-hybridized carbons (Fsp3) is 0.391. The van der Waals surface area contributed by atoms with Gasteiger partial charge in [-0.2, -0.15) is 0 Å². The normalized spacial score (nSPS) is 24.1. The van der Waals surface area contributed by atoms with Gasteiger partial charge in [0.2, 0.25) is 0 Å². The summed E-state index contributed by atoms with van der Waals surface area (Å²) in [7, 11) is 5.08. The molecule has 0 aromatic heterocycles. The van der Waals surface area contributed by atoms with Gasteiger partial charge in [0.25, 0.3) is 5.91 Å². The van der Waals surface area contributed by atoms with E-state index in [1.807, 2.05) is 37.3 Å². The molecule has 29 heavy (non-hydrogen) atoms. The lowest BCUT2D eigenvalue weighted by Crippen LogP contribution is -2.47. The molecule has 6 nitrogen and oxygen atoms in total. The Balaban J connectivity index is 1.67. The number of hydrogen-bond acceptors (Lipinski definition) is 5. The molecule has 2 aliphatic rings. The molecular weight excluding hydrogens is 368 g/mol. The number of ketones is 1.